The van der Waals surface area contributed by atoms with Crippen LogP contribution in [0.25, 0.3) is 0 Å². The Morgan fingerprint density at radius 3 is 1.79 bits per heavy atom. The van der Waals surface area contributed by atoms with E-state index in [2.05, 4.69) is 4.52 Å². The fourth-order valence-corrected chi connectivity index (χ4v) is 1.02. The van der Waals surface area contributed by atoms with Crippen LogP contribution < -0.4 is 4.52 Å². The van der Waals surface area contributed by atoms with Crippen LogP contribution in [0.1, 0.15) is 0 Å². The van der Waals surface area contributed by atoms with Gasteiger partial charge >= 0.3 is 77.0 Å². The van der Waals surface area contributed by atoms with E-state index in [1.807, 2.05) is 0 Å². The van der Waals surface area contributed by atoms with Gasteiger partial charge in [0.1, 0.15) is 5.75 Å². The van der Waals surface area contributed by atoms with Crippen molar-refractivity contribution in [1.29, 1.82) is 0 Å². The zero-order chi connectivity index (χ0) is 8.32. The Hall–Kier alpha value is 1.47. The Kier molecular flexibility index (Phi) is 14.4. The third-order valence-electron chi connectivity index (χ3n) is 0.968. The van der Waals surface area contributed by atoms with Gasteiger partial charge in [-0.3, -0.25) is 9.79 Å². The second kappa shape index (κ2) is 9.68. The molecule has 72 valence electrons. The van der Waals surface area contributed by atoms with E-state index in [1.165, 1.54) is 12.1 Å². The molecule has 0 heterocycles. The highest BCUT2D eigenvalue weighted by atomic mass is 31.2. The van der Waals surface area contributed by atoms with Crippen LogP contribution in [0.5, 0.6) is 5.75 Å². The molecule has 8 heteroatoms. The van der Waals surface area contributed by atoms with Crippen LogP contribution in [0.15, 0.2) is 30.3 Å². The van der Waals surface area contributed by atoms with E-state index in [4.69, 9.17) is 9.79 Å². The summed E-state index contributed by atoms with van der Waals surface area (Å²) in [5, 5.41) is 0. The van der Waals surface area contributed by atoms with Crippen molar-refractivity contribution in [2.75, 3.05) is 0 Å². The standard InChI is InChI=1S/C6H7O4P.3Mg.6H/c7-11(8,9)10-6-4-2-1-3-5-6;;;;;;;;;/h1-5H,(H2,7,8,9);;;;;;;;;. The smallest absolute Gasteiger partial charge is 0.404 e. The van der Waals surface area contributed by atoms with Crippen LogP contribution in [0.2, 0.25) is 0 Å². The second-order valence-corrected chi connectivity index (χ2v) is 3.06. The van der Waals surface area contributed by atoms with Crippen molar-refractivity contribution < 1.29 is 18.9 Å². The molecule has 0 bridgehead atoms. The summed E-state index contributed by atoms with van der Waals surface area (Å²) in [5.74, 6) is 0.167. The predicted octanol–water partition coefficient (Wildman–Crippen LogP) is -1.59. The third-order valence-corrected chi connectivity index (χ3v) is 1.42. The molecule has 0 saturated carbocycles. The zero-order valence-corrected chi connectivity index (χ0v) is 6.44. The lowest BCUT2D eigenvalue weighted by Gasteiger charge is -2.04. The maximum Gasteiger partial charge on any atom is 0.524 e. The SMILES string of the molecule is O=P(O)(O)Oc1ccccc1.[MgH2].[MgH2].[MgH2]. The van der Waals surface area contributed by atoms with Crippen molar-refractivity contribution in [3.8, 4) is 5.75 Å². The molecule has 2 N–H and O–H groups in total. The van der Waals surface area contributed by atoms with Gasteiger partial charge in [-0.05, 0) is 12.1 Å². The van der Waals surface area contributed by atoms with Gasteiger partial charge in [-0.25, -0.2) is 4.57 Å². The Morgan fingerprint density at radius 2 is 1.43 bits per heavy atom. The number of rotatable bonds is 2. The largest absolute Gasteiger partial charge is 0.524 e. The third kappa shape index (κ3) is 10.0. The first-order chi connectivity index (χ1) is 5.08. The normalized spacial score (nSPS) is 8.71. The molecule has 0 radical (unpaired) electrons. The Labute approximate surface area is 130 Å². The van der Waals surface area contributed by atoms with Gasteiger partial charge in [-0.2, -0.15) is 0 Å². The highest BCUT2D eigenvalue weighted by Crippen LogP contribution is 2.36. The minimum atomic E-state index is -4.39. The summed E-state index contributed by atoms with van der Waals surface area (Å²) in [4.78, 5) is 16.7. The maximum absolute atomic E-state index is 10.3. The number of benzene rings is 1. The predicted molar refractivity (Wildman–Crippen MR) is 64.7 cm³/mol. The molecule has 4 nitrogen and oxygen atoms in total. The number of phosphoric ester groups is 1. The Bertz CT molecular complexity index is 276. The Morgan fingerprint density at radius 1 is 1.00 bits per heavy atom. The molecule has 0 unspecified atom stereocenters. The molecule has 0 spiro atoms. The molecule has 1 aromatic carbocycles. The van der Waals surface area contributed by atoms with Crippen molar-refractivity contribution >= 4 is 77.0 Å². The molecule has 0 amide bonds. The molecular formula is C6H13Mg3O4P. The fraction of sp³-hybridized carbons (Fsp3) is 0. The van der Waals surface area contributed by atoms with Crippen molar-refractivity contribution in [3.05, 3.63) is 30.3 Å². The summed E-state index contributed by atoms with van der Waals surface area (Å²) in [7, 11) is -4.39. The van der Waals surface area contributed by atoms with Gasteiger partial charge in [0.15, 0.2) is 0 Å². The van der Waals surface area contributed by atoms with Gasteiger partial charge in [-0.15, -0.1) is 0 Å². The van der Waals surface area contributed by atoms with Gasteiger partial charge in [0.05, 0.1) is 0 Å². The first kappa shape index (κ1) is 20.8. The molecule has 0 atom stereocenters. The van der Waals surface area contributed by atoms with Gasteiger partial charge in [0, 0.05) is 0 Å². The quantitative estimate of drug-likeness (QED) is 0.492. The average molecular weight is 253 g/mol. The van der Waals surface area contributed by atoms with E-state index in [0.717, 1.165) is 0 Å². The molecule has 14 heavy (non-hydrogen) atoms. The Balaban J connectivity index is -0.000000403. The van der Waals surface area contributed by atoms with Crippen molar-refractivity contribution in [3.63, 3.8) is 0 Å². The van der Waals surface area contributed by atoms with Crippen LogP contribution >= 0.6 is 7.82 Å². The molecule has 0 aromatic heterocycles. The fourth-order valence-electron chi connectivity index (χ4n) is 0.619. The summed E-state index contributed by atoms with van der Waals surface area (Å²) in [6.07, 6.45) is 0. The highest BCUT2D eigenvalue weighted by Gasteiger charge is 2.14. The molecule has 1 aromatic rings. The van der Waals surface area contributed by atoms with Crippen molar-refractivity contribution in [2.24, 2.45) is 0 Å². The van der Waals surface area contributed by atoms with Crippen LogP contribution in [0, 0.1) is 0 Å². The van der Waals surface area contributed by atoms with Crippen LogP contribution in [-0.2, 0) is 4.57 Å². The second-order valence-electron chi connectivity index (χ2n) is 1.89. The molecule has 0 saturated heterocycles. The first-order valence-corrected chi connectivity index (χ1v) is 4.41. The zero-order valence-electron chi connectivity index (χ0n) is 5.54. The van der Waals surface area contributed by atoms with Crippen LogP contribution in [0.3, 0.4) is 0 Å². The average Bonchev–Trinajstić information content (AvgIpc) is 1.85. The maximum atomic E-state index is 10.3. The minimum Gasteiger partial charge on any atom is -0.404 e. The van der Waals surface area contributed by atoms with E-state index in [1.54, 1.807) is 18.2 Å². The summed E-state index contributed by atoms with van der Waals surface area (Å²) >= 11 is 0. The summed E-state index contributed by atoms with van der Waals surface area (Å²) < 4.78 is 14.5. The molecule has 0 aliphatic carbocycles. The van der Waals surface area contributed by atoms with Crippen LogP contribution in [-0.4, -0.2) is 78.9 Å². The molecular weight excluding hydrogens is 240 g/mol. The molecule has 0 aliphatic heterocycles. The van der Waals surface area contributed by atoms with Crippen molar-refractivity contribution in [1.82, 2.24) is 0 Å². The van der Waals surface area contributed by atoms with Crippen LogP contribution in [0.4, 0.5) is 0 Å². The van der Waals surface area contributed by atoms with Gasteiger partial charge in [0.25, 0.3) is 0 Å². The lowest BCUT2D eigenvalue weighted by atomic mass is 10.3. The minimum absolute atomic E-state index is 0. The molecule has 0 fully saturated rings. The van der Waals surface area contributed by atoms with E-state index in [9.17, 15) is 4.57 Å². The lowest BCUT2D eigenvalue weighted by Crippen LogP contribution is -1.88. The lowest BCUT2D eigenvalue weighted by molar-refractivity contribution is 0.283. The van der Waals surface area contributed by atoms with E-state index < -0.39 is 7.82 Å². The highest BCUT2D eigenvalue weighted by molar-refractivity contribution is 7.46. The number of phosphoric acid groups is 1. The first-order valence-electron chi connectivity index (χ1n) is 2.88. The number of para-hydroxylation sites is 1. The van der Waals surface area contributed by atoms with Gasteiger partial charge in [-0.1, -0.05) is 18.2 Å². The van der Waals surface area contributed by atoms with Gasteiger partial charge < -0.3 is 4.52 Å². The number of hydrogen-bond acceptors (Lipinski definition) is 2. The molecule has 1 rings (SSSR count). The topological polar surface area (TPSA) is 66.8 Å². The molecule has 0 aliphatic rings. The summed E-state index contributed by atoms with van der Waals surface area (Å²) in [6, 6.07) is 7.93. The van der Waals surface area contributed by atoms with E-state index in [-0.39, 0.29) is 74.9 Å². The summed E-state index contributed by atoms with van der Waals surface area (Å²) in [6.45, 7) is 0. The van der Waals surface area contributed by atoms with E-state index in [0.29, 0.717) is 0 Å². The van der Waals surface area contributed by atoms with E-state index >= 15 is 0 Å². The van der Waals surface area contributed by atoms with Crippen molar-refractivity contribution in [2.45, 2.75) is 0 Å². The van der Waals surface area contributed by atoms with Gasteiger partial charge in [0.2, 0.25) is 0 Å². The monoisotopic (exact) mass is 252 g/mol. The summed E-state index contributed by atoms with van der Waals surface area (Å²) in [5.41, 5.74) is 0. The number of hydrogen-bond donors (Lipinski definition) is 2.